The molecule has 0 saturated heterocycles. The molecule has 104 valence electrons. The maximum atomic E-state index is 11.6. The molecule has 0 N–H and O–H groups in total. The molecule has 0 radical (unpaired) electrons. The molecule has 1 amide bonds. The van der Waals surface area contributed by atoms with Gasteiger partial charge in [0, 0.05) is 13.6 Å². The van der Waals surface area contributed by atoms with Crippen molar-refractivity contribution >= 4 is 21.7 Å². The Morgan fingerprint density at radius 2 is 2.00 bits per heavy atom. The predicted octanol–water partition coefficient (Wildman–Crippen LogP) is -0.00120. The van der Waals surface area contributed by atoms with Gasteiger partial charge in [0.1, 0.15) is 5.75 Å². The Morgan fingerprint density at radius 3 is 2.50 bits per heavy atom. The van der Waals surface area contributed by atoms with Crippen LogP contribution in [0.25, 0.3) is 0 Å². The molecule has 0 bridgehead atoms. The molecule has 7 heteroatoms. The van der Waals surface area contributed by atoms with E-state index in [-0.39, 0.29) is 25.3 Å². The normalized spacial score (nSPS) is 10.8. The number of sulfone groups is 1. The van der Waals surface area contributed by atoms with E-state index in [2.05, 4.69) is 6.58 Å². The van der Waals surface area contributed by atoms with Crippen molar-refractivity contribution in [2.45, 2.75) is 13.3 Å². The molecular weight excluding hydrogens is 258 g/mol. The topological polar surface area (TPSA) is 80.8 Å². The van der Waals surface area contributed by atoms with E-state index in [1.54, 1.807) is 6.92 Å². The van der Waals surface area contributed by atoms with Crippen LogP contribution in [0.2, 0.25) is 0 Å². The van der Waals surface area contributed by atoms with Crippen molar-refractivity contribution in [2.24, 2.45) is 0 Å². The Bertz CT molecular complexity index is 402. The molecule has 0 aliphatic rings. The predicted molar refractivity (Wildman–Crippen MR) is 67.7 cm³/mol. The molecule has 0 saturated carbocycles. The number of hydrogen-bond donors (Lipinski definition) is 0. The molecule has 0 fully saturated rings. The SMILES string of the molecule is C=CCS(=O)(=O)CC(=O)N(C)CCC(=O)OCC. The third-order valence-corrected chi connectivity index (χ3v) is 3.53. The molecule has 0 atom stereocenters. The molecule has 0 aromatic carbocycles. The van der Waals surface area contributed by atoms with Gasteiger partial charge in [-0.3, -0.25) is 9.59 Å². The summed E-state index contributed by atoms with van der Waals surface area (Å²) in [7, 11) is -2.00. The van der Waals surface area contributed by atoms with Crippen LogP contribution >= 0.6 is 0 Å². The second-order valence-electron chi connectivity index (χ2n) is 3.71. The number of amides is 1. The summed E-state index contributed by atoms with van der Waals surface area (Å²) >= 11 is 0. The van der Waals surface area contributed by atoms with Crippen molar-refractivity contribution in [3.8, 4) is 0 Å². The van der Waals surface area contributed by atoms with Crippen molar-refractivity contribution in [1.29, 1.82) is 0 Å². The van der Waals surface area contributed by atoms with Gasteiger partial charge in [0.05, 0.1) is 18.8 Å². The van der Waals surface area contributed by atoms with Crippen molar-refractivity contribution in [1.82, 2.24) is 4.90 Å². The van der Waals surface area contributed by atoms with E-state index in [0.29, 0.717) is 0 Å². The minimum Gasteiger partial charge on any atom is -0.466 e. The first-order chi connectivity index (χ1) is 8.32. The average Bonchev–Trinajstić information content (AvgIpc) is 2.25. The van der Waals surface area contributed by atoms with Crippen molar-refractivity contribution in [3.63, 3.8) is 0 Å². The zero-order valence-electron chi connectivity index (χ0n) is 10.7. The highest BCUT2D eigenvalue weighted by Crippen LogP contribution is 1.97. The summed E-state index contributed by atoms with van der Waals surface area (Å²) in [5, 5.41) is 0. The molecule has 18 heavy (non-hydrogen) atoms. The molecule has 0 unspecified atom stereocenters. The Kier molecular flexibility index (Phi) is 7.26. The van der Waals surface area contributed by atoms with Crippen LogP contribution in [-0.2, 0) is 24.2 Å². The molecule has 0 rings (SSSR count). The highest BCUT2D eigenvalue weighted by molar-refractivity contribution is 7.92. The summed E-state index contributed by atoms with van der Waals surface area (Å²) in [6.45, 7) is 5.42. The van der Waals surface area contributed by atoms with Crippen molar-refractivity contribution in [2.75, 3.05) is 31.7 Å². The van der Waals surface area contributed by atoms with Gasteiger partial charge >= 0.3 is 5.97 Å². The molecule has 0 spiro atoms. The van der Waals surface area contributed by atoms with Gasteiger partial charge in [-0.15, -0.1) is 6.58 Å². The Balaban J connectivity index is 4.19. The monoisotopic (exact) mass is 277 g/mol. The average molecular weight is 277 g/mol. The Hall–Kier alpha value is -1.37. The smallest absolute Gasteiger partial charge is 0.307 e. The van der Waals surface area contributed by atoms with Gasteiger partial charge in [0.25, 0.3) is 0 Å². The number of rotatable bonds is 8. The van der Waals surface area contributed by atoms with Crippen LogP contribution in [0.15, 0.2) is 12.7 Å². The Labute approximate surface area is 108 Å². The van der Waals surface area contributed by atoms with Gasteiger partial charge in [-0.05, 0) is 6.92 Å². The first-order valence-corrected chi connectivity index (χ1v) is 7.35. The number of esters is 1. The fourth-order valence-electron chi connectivity index (χ4n) is 1.15. The summed E-state index contributed by atoms with van der Waals surface area (Å²) in [6.07, 6.45) is 1.29. The van der Waals surface area contributed by atoms with E-state index in [0.717, 1.165) is 0 Å². The van der Waals surface area contributed by atoms with Crippen LogP contribution in [0.5, 0.6) is 0 Å². The van der Waals surface area contributed by atoms with Crippen LogP contribution < -0.4 is 0 Å². The fraction of sp³-hybridized carbons (Fsp3) is 0.636. The number of carbonyl (C=O) groups is 2. The van der Waals surface area contributed by atoms with Crippen LogP contribution in [0.3, 0.4) is 0 Å². The summed E-state index contributed by atoms with van der Waals surface area (Å²) in [5.74, 6) is -1.75. The van der Waals surface area contributed by atoms with Gasteiger partial charge in [-0.25, -0.2) is 8.42 Å². The van der Waals surface area contributed by atoms with E-state index < -0.39 is 27.5 Å². The van der Waals surface area contributed by atoms with Gasteiger partial charge in [0.2, 0.25) is 5.91 Å². The molecule has 0 aromatic heterocycles. The van der Waals surface area contributed by atoms with E-state index in [1.165, 1.54) is 18.0 Å². The fourth-order valence-corrected chi connectivity index (χ4v) is 2.23. The highest BCUT2D eigenvalue weighted by atomic mass is 32.2. The van der Waals surface area contributed by atoms with Crippen LogP contribution in [0.4, 0.5) is 0 Å². The largest absolute Gasteiger partial charge is 0.466 e. The lowest BCUT2D eigenvalue weighted by Crippen LogP contribution is -2.34. The molecule has 0 aromatic rings. The first kappa shape index (κ1) is 16.6. The second kappa shape index (κ2) is 7.86. The van der Waals surface area contributed by atoms with Gasteiger partial charge in [-0.1, -0.05) is 6.08 Å². The molecule has 0 aliphatic carbocycles. The third-order valence-electron chi connectivity index (χ3n) is 2.10. The van der Waals surface area contributed by atoms with E-state index in [4.69, 9.17) is 4.74 Å². The number of hydrogen-bond acceptors (Lipinski definition) is 5. The number of ether oxygens (including phenoxy) is 1. The van der Waals surface area contributed by atoms with E-state index in [9.17, 15) is 18.0 Å². The van der Waals surface area contributed by atoms with Gasteiger partial charge < -0.3 is 9.64 Å². The lowest BCUT2D eigenvalue weighted by molar-refractivity contribution is -0.143. The molecule has 6 nitrogen and oxygen atoms in total. The zero-order chi connectivity index (χ0) is 14.2. The van der Waals surface area contributed by atoms with Crippen LogP contribution in [0.1, 0.15) is 13.3 Å². The van der Waals surface area contributed by atoms with Crippen LogP contribution in [-0.4, -0.2) is 56.9 Å². The lowest BCUT2D eigenvalue weighted by atomic mass is 10.4. The van der Waals surface area contributed by atoms with E-state index >= 15 is 0 Å². The summed E-state index contributed by atoms with van der Waals surface area (Å²) < 4.78 is 27.5. The van der Waals surface area contributed by atoms with Crippen molar-refractivity contribution in [3.05, 3.63) is 12.7 Å². The summed E-state index contributed by atoms with van der Waals surface area (Å²) in [5.41, 5.74) is 0. The maximum Gasteiger partial charge on any atom is 0.307 e. The lowest BCUT2D eigenvalue weighted by Gasteiger charge is -2.16. The standard InChI is InChI=1S/C11H19NO5S/c1-4-8-18(15,16)9-10(13)12(3)7-6-11(14)17-5-2/h4H,1,5-9H2,2-3H3. The Morgan fingerprint density at radius 1 is 1.39 bits per heavy atom. The van der Waals surface area contributed by atoms with Crippen molar-refractivity contribution < 1.29 is 22.7 Å². The minimum absolute atomic E-state index is 0.0532. The number of carbonyl (C=O) groups excluding carboxylic acids is 2. The summed E-state index contributed by atoms with van der Waals surface area (Å²) in [4.78, 5) is 23.8. The minimum atomic E-state index is -3.45. The molecule has 0 aliphatic heterocycles. The van der Waals surface area contributed by atoms with E-state index in [1.807, 2.05) is 0 Å². The zero-order valence-corrected chi connectivity index (χ0v) is 11.5. The third kappa shape index (κ3) is 7.05. The maximum absolute atomic E-state index is 11.6. The molecular formula is C11H19NO5S. The quantitative estimate of drug-likeness (QED) is 0.461. The number of nitrogens with zero attached hydrogens (tertiary/aromatic N) is 1. The second-order valence-corrected chi connectivity index (χ2v) is 5.82. The first-order valence-electron chi connectivity index (χ1n) is 5.53. The molecule has 0 heterocycles. The van der Waals surface area contributed by atoms with Crippen LogP contribution in [0, 0.1) is 0 Å². The van der Waals surface area contributed by atoms with Gasteiger partial charge in [-0.2, -0.15) is 0 Å². The van der Waals surface area contributed by atoms with Gasteiger partial charge in [0.15, 0.2) is 9.84 Å². The summed E-state index contributed by atoms with van der Waals surface area (Å²) in [6, 6.07) is 0. The highest BCUT2D eigenvalue weighted by Gasteiger charge is 2.18.